The number of methoxy groups -OCH3 is 1. The lowest BCUT2D eigenvalue weighted by Crippen LogP contribution is -2.24. The normalized spacial score (nSPS) is 11.9. The number of esters is 1. The third-order valence-electron chi connectivity index (χ3n) is 2.32. The minimum atomic E-state index is -0.537. The van der Waals surface area contributed by atoms with Crippen LogP contribution in [0.2, 0.25) is 0 Å². The fourth-order valence-corrected chi connectivity index (χ4v) is 1.36. The van der Waals surface area contributed by atoms with Crippen LogP contribution in [0.25, 0.3) is 0 Å². The molecule has 2 N–H and O–H groups in total. The van der Waals surface area contributed by atoms with Gasteiger partial charge in [0.2, 0.25) is 0 Å². The summed E-state index contributed by atoms with van der Waals surface area (Å²) >= 11 is 0. The number of benzene rings is 1. The number of carbonyl (C=O) groups excluding carboxylic acids is 1. The van der Waals surface area contributed by atoms with E-state index in [1.165, 1.54) is 13.2 Å². The molecule has 0 saturated carbocycles. The van der Waals surface area contributed by atoms with E-state index in [-0.39, 0.29) is 25.4 Å². The molecule has 5 heteroatoms. The van der Waals surface area contributed by atoms with Gasteiger partial charge in [0, 0.05) is 6.61 Å². The molecule has 17 heavy (non-hydrogen) atoms. The van der Waals surface area contributed by atoms with Gasteiger partial charge in [0.1, 0.15) is 6.61 Å². The molecule has 1 atom stereocenters. The molecule has 94 valence electrons. The van der Waals surface area contributed by atoms with E-state index in [4.69, 9.17) is 9.84 Å². The van der Waals surface area contributed by atoms with E-state index < -0.39 is 11.9 Å². The molecule has 1 rings (SSSR count). The van der Waals surface area contributed by atoms with Crippen molar-refractivity contribution in [2.75, 3.05) is 20.3 Å². The lowest BCUT2D eigenvalue weighted by molar-refractivity contribution is -0.147. The van der Waals surface area contributed by atoms with Gasteiger partial charge in [-0.05, 0) is 18.6 Å². The molecule has 0 aliphatic rings. The zero-order valence-corrected chi connectivity index (χ0v) is 9.63. The first-order valence-corrected chi connectivity index (χ1v) is 5.28. The van der Waals surface area contributed by atoms with Crippen LogP contribution >= 0.6 is 0 Å². The lowest BCUT2D eigenvalue weighted by atomic mass is 10.1. The Balaban J connectivity index is 2.57. The summed E-state index contributed by atoms with van der Waals surface area (Å²) in [6, 6.07) is 6.49. The van der Waals surface area contributed by atoms with Crippen molar-refractivity contribution in [1.29, 1.82) is 0 Å². The Morgan fingerprint density at radius 2 is 2.12 bits per heavy atom. The van der Waals surface area contributed by atoms with Crippen LogP contribution < -0.4 is 4.74 Å². The first-order chi connectivity index (χ1) is 8.19. The van der Waals surface area contributed by atoms with Crippen LogP contribution in [0.5, 0.6) is 11.5 Å². The van der Waals surface area contributed by atoms with Crippen LogP contribution in [0.4, 0.5) is 0 Å². The third-order valence-corrected chi connectivity index (χ3v) is 2.32. The minimum Gasteiger partial charge on any atom is -0.504 e. The number of phenols is 1. The Morgan fingerprint density at radius 3 is 2.71 bits per heavy atom. The van der Waals surface area contributed by atoms with Crippen LogP contribution in [-0.2, 0) is 9.53 Å². The second-order valence-corrected chi connectivity index (χ2v) is 3.51. The highest BCUT2D eigenvalue weighted by Gasteiger charge is 2.19. The summed E-state index contributed by atoms with van der Waals surface area (Å²) in [5.74, 6) is -0.654. The van der Waals surface area contributed by atoms with Gasteiger partial charge in [0.05, 0.1) is 13.0 Å². The zero-order chi connectivity index (χ0) is 12.7. The van der Waals surface area contributed by atoms with E-state index >= 15 is 0 Å². The number of hydrogen-bond acceptors (Lipinski definition) is 5. The predicted molar refractivity (Wildman–Crippen MR) is 60.8 cm³/mol. The summed E-state index contributed by atoms with van der Waals surface area (Å²) in [5, 5.41) is 18.3. The lowest BCUT2D eigenvalue weighted by Gasteiger charge is -2.14. The highest BCUT2D eigenvalue weighted by molar-refractivity contribution is 5.72. The summed E-state index contributed by atoms with van der Waals surface area (Å²) in [6.45, 7) is -0.0608. The van der Waals surface area contributed by atoms with Gasteiger partial charge in [-0.3, -0.25) is 4.79 Å². The maximum atomic E-state index is 11.3. The topological polar surface area (TPSA) is 76.0 Å². The Bertz CT molecular complexity index is 364. The first-order valence-electron chi connectivity index (χ1n) is 5.28. The molecular formula is C12H16O5. The monoisotopic (exact) mass is 240 g/mol. The number of phenolic OH excluding ortho intramolecular Hbond substituents is 1. The molecule has 0 aliphatic carbocycles. The maximum Gasteiger partial charge on any atom is 0.312 e. The van der Waals surface area contributed by atoms with Crippen molar-refractivity contribution in [2.45, 2.75) is 6.42 Å². The highest BCUT2D eigenvalue weighted by atomic mass is 16.5. The van der Waals surface area contributed by atoms with E-state index in [0.717, 1.165) is 0 Å². The summed E-state index contributed by atoms with van der Waals surface area (Å²) in [5.41, 5.74) is 0. The van der Waals surface area contributed by atoms with E-state index in [2.05, 4.69) is 4.74 Å². The van der Waals surface area contributed by atoms with Crippen molar-refractivity contribution >= 4 is 5.97 Å². The SMILES string of the molecule is COC(=O)C(CCO)COc1ccccc1O. The predicted octanol–water partition coefficient (Wildman–Crippen LogP) is 0.943. The van der Waals surface area contributed by atoms with Crippen molar-refractivity contribution in [3.05, 3.63) is 24.3 Å². The summed E-state index contributed by atoms with van der Waals surface area (Å²) < 4.78 is 9.90. The number of rotatable bonds is 6. The number of aliphatic hydroxyl groups excluding tert-OH is 1. The van der Waals surface area contributed by atoms with Gasteiger partial charge in [-0.2, -0.15) is 0 Å². The standard InChI is InChI=1S/C12H16O5/c1-16-12(15)9(6-7-13)8-17-11-5-3-2-4-10(11)14/h2-5,9,13-14H,6-8H2,1H3. The molecule has 0 fully saturated rings. The van der Waals surface area contributed by atoms with Gasteiger partial charge in [-0.15, -0.1) is 0 Å². The van der Waals surface area contributed by atoms with Crippen molar-refractivity contribution < 1.29 is 24.5 Å². The molecule has 1 unspecified atom stereocenters. The van der Waals surface area contributed by atoms with Gasteiger partial charge in [0.15, 0.2) is 11.5 Å². The van der Waals surface area contributed by atoms with Gasteiger partial charge in [0.25, 0.3) is 0 Å². The number of hydrogen-bond donors (Lipinski definition) is 2. The van der Waals surface area contributed by atoms with E-state index in [0.29, 0.717) is 5.75 Å². The first kappa shape index (κ1) is 13.3. The Labute approximate surface area is 99.6 Å². The average Bonchev–Trinajstić information content (AvgIpc) is 2.35. The summed E-state index contributed by atoms with van der Waals surface area (Å²) in [7, 11) is 1.28. The number of aromatic hydroxyl groups is 1. The summed E-state index contributed by atoms with van der Waals surface area (Å²) in [6.07, 6.45) is 0.264. The Kier molecular flexibility index (Phi) is 5.29. The van der Waals surface area contributed by atoms with Crippen LogP contribution in [0, 0.1) is 5.92 Å². The number of aliphatic hydroxyl groups is 1. The molecule has 0 bridgehead atoms. The smallest absolute Gasteiger partial charge is 0.312 e. The fraction of sp³-hybridized carbons (Fsp3) is 0.417. The zero-order valence-electron chi connectivity index (χ0n) is 9.63. The van der Waals surface area contributed by atoms with E-state index in [1.807, 2.05) is 0 Å². The Hall–Kier alpha value is -1.75. The molecule has 0 aromatic heterocycles. The largest absolute Gasteiger partial charge is 0.504 e. The van der Waals surface area contributed by atoms with Crippen molar-refractivity contribution in [3.8, 4) is 11.5 Å². The molecular weight excluding hydrogens is 224 g/mol. The minimum absolute atomic E-state index is 0.0140. The molecule has 5 nitrogen and oxygen atoms in total. The summed E-state index contributed by atoms with van der Waals surface area (Å²) in [4.78, 5) is 11.3. The van der Waals surface area contributed by atoms with Gasteiger partial charge >= 0.3 is 5.97 Å². The Morgan fingerprint density at radius 1 is 1.41 bits per heavy atom. The average molecular weight is 240 g/mol. The second kappa shape index (κ2) is 6.75. The van der Waals surface area contributed by atoms with Gasteiger partial charge in [-0.25, -0.2) is 0 Å². The molecule has 0 aliphatic heterocycles. The molecule has 0 amide bonds. The van der Waals surface area contributed by atoms with Crippen LogP contribution in [0.15, 0.2) is 24.3 Å². The maximum absolute atomic E-state index is 11.3. The second-order valence-electron chi connectivity index (χ2n) is 3.51. The number of carbonyl (C=O) groups is 1. The van der Waals surface area contributed by atoms with Gasteiger partial charge in [-0.1, -0.05) is 12.1 Å². The van der Waals surface area contributed by atoms with Gasteiger partial charge < -0.3 is 19.7 Å². The van der Waals surface area contributed by atoms with Crippen LogP contribution in [0.1, 0.15) is 6.42 Å². The number of ether oxygens (including phenoxy) is 2. The highest BCUT2D eigenvalue weighted by Crippen LogP contribution is 2.25. The molecule has 1 aromatic rings. The fourth-order valence-electron chi connectivity index (χ4n) is 1.36. The van der Waals surface area contributed by atoms with E-state index in [9.17, 15) is 9.90 Å². The van der Waals surface area contributed by atoms with Crippen molar-refractivity contribution in [3.63, 3.8) is 0 Å². The van der Waals surface area contributed by atoms with Crippen LogP contribution in [-0.4, -0.2) is 36.5 Å². The van der Waals surface area contributed by atoms with Crippen molar-refractivity contribution in [2.24, 2.45) is 5.92 Å². The van der Waals surface area contributed by atoms with Crippen molar-refractivity contribution in [1.82, 2.24) is 0 Å². The molecule has 0 heterocycles. The van der Waals surface area contributed by atoms with Crippen LogP contribution in [0.3, 0.4) is 0 Å². The molecule has 0 radical (unpaired) electrons. The molecule has 0 saturated heterocycles. The molecule has 1 aromatic carbocycles. The molecule has 0 spiro atoms. The third kappa shape index (κ3) is 3.96. The quantitative estimate of drug-likeness (QED) is 0.724. The number of para-hydroxylation sites is 2. The van der Waals surface area contributed by atoms with E-state index in [1.54, 1.807) is 18.2 Å².